The molecule has 152 valence electrons. The number of aromatic nitrogens is 2. The Balaban J connectivity index is 1.47. The topological polar surface area (TPSA) is 38.9 Å². The molecule has 2 aromatic carbocycles. The van der Waals surface area contributed by atoms with Gasteiger partial charge in [-0.3, -0.25) is 4.98 Å². The highest BCUT2D eigenvalue weighted by molar-refractivity contribution is 6.08. The number of rotatable bonds is 3. The first-order chi connectivity index (χ1) is 15.4. The second-order valence-electron chi connectivity index (χ2n) is 8.51. The van der Waals surface area contributed by atoms with Gasteiger partial charge in [-0.2, -0.15) is 0 Å². The Morgan fingerprint density at radius 2 is 1.61 bits per heavy atom. The van der Waals surface area contributed by atoms with Gasteiger partial charge in [0.2, 0.25) is 5.71 Å². The minimum atomic E-state index is 0.653. The van der Waals surface area contributed by atoms with Gasteiger partial charge in [-0.05, 0) is 54.7 Å². The van der Waals surface area contributed by atoms with Gasteiger partial charge in [0.1, 0.15) is 5.58 Å². The third kappa shape index (κ3) is 3.31. The van der Waals surface area contributed by atoms with Crippen molar-refractivity contribution in [2.75, 3.05) is 0 Å². The average molecular weight is 405 g/mol. The van der Waals surface area contributed by atoms with Crippen LogP contribution in [0.15, 0.2) is 83.4 Å². The lowest BCUT2D eigenvalue weighted by Crippen LogP contribution is -2.04. The molecule has 0 N–H and O–H groups in total. The third-order valence-corrected chi connectivity index (χ3v) is 6.57. The summed E-state index contributed by atoms with van der Waals surface area (Å²) < 4.78 is 6.33. The molecule has 3 nitrogen and oxygen atoms in total. The highest BCUT2D eigenvalue weighted by Gasteiger charge is 2.18. The van der Waals surface area contributed by atoms with Crippen molar-refractivity contribution in [3.63, 3.8) is 0 Å². The molecule has 1 aliphatic carbocycles. The van der Waals surface area contributed by atoms with Crippen molar-refractivity contribution in [1.82, 2.24) is 9.97 Å². The van der Waals surface area contributed by atoms with Gasteiger partial charge in [-0.15, -0.1) is 0 Å². The maximum Gasteiger partial charge on any atom is 0.227 e. The van der Waals surface area contributed by atoms with Crippen molar-refractivity contribution >= 4 is 22.1 Å². The highest BCUT2D eigenvalue weighted by Crippen LogP contribution is 2.37. The van der Waals surface area contributed by atoms with Crippen LogP contribution >= 0.6 is 0 Å². The van der Waals surface area contributed by atoms with E-state index >= 15 is 0 Å². The molecule has 0 amide bonds. The lowest BCUT2D eigenvalue weighted by molar-refractivity contribution is 0.443. The summed E-state index contributed by atoms with van der Waals surface area (Å²) in [5.41, 5.74) is 6.97. The molecule has 0 saturated heterocycles. The Morgan fingerprint density at radius 1 is 0.742 bits per heavy atom. The molecule has 6 rings (SSSR count). The first-order valence-corrected chi connectivity index (χ1v) is 11.2. The molecule has 0 bridgehead atoms. The molecule has 31 heavy (non-hydrogen) atoms. The van der Waals surface area contributed by atoms with E-state index in [1.165, 1.54) is 37.7 Å². The normalized spacial score (nSPS) is 15.0. The molecule has 0 unspecified atom stereocenters. The largest absolute Gasteiger partial charge is 0.437 e. The van der Waals surface area contributed by atoms with Crippen LogP contribution in [-0.2, 0) is 0 Å². The van der Waals surface area contributed by atoms with E-state index in [1.807, 2.05) is 24.4 Å². The van der Waals surface area contributed by atoms with Gasteiger partial charge in [0, 0.05) is 28.1 Å². The van der Waals surface area contributed by atoms with Crippen LogP contribution in [0.4, 0.5) is 0 Å². The van der Waals surface area contributed by atoms with E-state index < -0.39 is 0 Å². The van der Waals surface area contributed by atoms with Crippen LogP contribution in [0.25, 0.3) is 44.6 Å². The van der Waals surface area contributed by atoms with Crippen LogP contribution in [0.1, 0.15) is 43.6 Å². The summed E-state index contributed by atoms with van der Waals surface area (Å²) in [5, 5.41) is 2.13. The van der Waals surface area contributed by atoms with Crippen molar-refractivity contribution in [1.29, 1.82) is 0 Å². The van der Waals surface area contributed by atoms with Crippen molar-refractivity contribution < 1.29 is 4.42 Å². The predicted octanol–water partition coefficient (Wildman–Crippen LogP) is 7.76. The first kappa shape index (κ1) is 18.3. The van der Waals surface area contributed by atoms with Crippen LogP contribution in [0.3, 0.4) is 0 Å². The second-order valence-corrected chi connectivity index (χ2v) is 8.51. The van der Waals surface area contributed by atoms with E-state index in [0.29, 0.717) is 11.6 Å². The molecule has 1 saturated carbocycles. The number of fused-ring (bicyclic) bond motifs is 3. The van der Waals surface area contributed by atoms with E-state index in [9.17, 15) is 0 Å². The Labute approximate surface area is 181 Å². The fraction of sp³-hybridized carbons (Fsp3) is 0.214. The maximum absolute atomic E-state index is 6.33. The van der Waals surface area contributed by atoms with Crippen LogP contribution in [0, 0.1) is 0 Å². The van der Waals surface area contributed by atoms with E-state index in [2.05, 4.69) is 54.6 Å². The van der Waals surface area contributed by atoms with Crippen molar-refractivity contribution in [2.45, 2.75) is 38.0 Å². The summed E-state index contributed by atoms with van der Waals surface area (Å²) >= 11 is 0. The van der Waals surface area contributed by atoms with Gasteiger partial charge in [-0.1, -0.05) is 61.7 Å². The molecule has 1 aliphatic rings. The summed E-state index contributed by atoms with van der Waals surface area (Å²) in [6.45, 7) is 0. The molecule has 0 aliphatic heterocycles. The summed E-state index contributed by atoms with van der Waals surface area (Å²) in [6.07, 6.45) is 8.54. The number of hydrogen-bond acceptors (Lipinski definition) is 3. The molecule has 0 spiro atoms. The van der Waals surface area contributed by atoms with Gasteiger partial charge < -0.3 is 4.42 Å². The van der Waals surface area contributed by atoms with Crippen LogP contribution < -0.4 is 0 Å². The number of pyridine rings is 2. The van der Waals surface area contributed by atoms with Gasteiger partial charge in [0.15, 0.2) is 0 Å². The molecular formula is C28H24N2O. The number of furan rings is 1. The summed E-state index contributed by atoms with van der Waals surface area (Å²) in [5.74, 6) is 0.653. The molecule has 3 aromatic heterocycles. The monoisotopic (exact) mass is 404 g/mol. The lowest BCUT2D eigenvalue weighted by atomic mass is 9.84. The van der Waals surface area contributed by atoms with E-state index in [-0.39, 0.29) is 0 Å². The van der Waals surface area contributed by atoms with Gasteiger partial charge in [-0.25, -0.2) is 4.98 Å². The molecule has 3 heteroatoms. The minimum Gasteiger partial charge on any atom is -0.437 e. The molecule has 3 heterocycles. The first-order valence-electron chi connectivity index (χ1n) is 11.2. The van der Waals surface area contributed by atoms with Crippen LogP contribution in [0.2, 0.25) is 0 Å². The molecular weight excluding hydrogens is 380 g/mol. The smallest absolute Gasteiger partial charge is 0.227 e. The number of benzene rings is 2. The highest BCUT2D eigenvalue weighted by atomic mass is 16.3. The zero-order chi connectivity index (χ0) is 20.6. The standard InChI is InChI=1S/C28H24N2O/c1-3-8-19(9-4-1)21-16-17-29-26(18-21)24-13-7-12-22-23-14-15-25(20-10-5-2-6-11-20)30-28(23)31-27(22)24/h2,5-7,10-19H,1,3-4,8-9H2. The van der Waals surface area contributed by atoms with Crippen LogP contribution in [0.5, 0.6) is 0 Å². The molecule has 0 atom stereocenters. The molecule has 1 fully saturated rings. The lowest BCUT2D eigenvalue weighted by Gasteiger charge is -2.22. The van der Waals surface area contributed by atoms with Gasteiger partial charge in [0.25, 0.3) is 0 Å². The SMILES string of the molecule is c1ccc(-c2ccc3c(n2)oc2c(-c4cc(C5CCCCC5)ccn4)cccc23)cc1. The number of para-hydroxylation sites is 1. The second kappa shape index (κ2) is 7.66. The van der Waals surface area contributed by atoms with Gasteiger partial charge in [0.05, 0.1) is 11.4 Å². The zero-order valence-corrected chi connectivity index (χ0v) is 17.4. The summed E-state index contributed by atoms with van der Waals surface area (Å²) in [7, 11) is 0. The van der Waals surface area contributed by atoms with Crippen LogP contribution in [-0.4, -0.2) is 9.97 Å². The zero-order valence-electron chi connectivity index (χ0n) is 17.4. The summed E-state index contributed by atoms with van der Waals surface area (Å²) in [6, 6.07) is 25.2. The quantitative estimate of drug-likeness (QED) is 0.308. The van der Waals surface area contributed by atoms with Crippen molar-refractivity contribution in [3.8, 4) is 22.5 Å². The molecule has 5 aromatic rings. The average Bonchev–Trinajstić information content (AvgIpc) is 3.23. The number of hydrogen-bond donors (Lipinski definition) is 0. The predicted molar refractivity (Wildman–Crippen MR) is 126 cm³/mol. The Bertz CT molecular complexity index is 1360. The number of nitrogens with zero attached hydrogens (tertiary/aromatic N) is 2. The van der Waals surface area contributed by atoms with Crippen molar-refractivity contribution in [3.05, 3.63) is 84.6 Å². The Kier molecular flexibility index (Phi) is 4.53. The van der Waals surface area contributed by atoms with E-state index in [1.54, 1.807) is 0 Å². The van der Waals surface area contributed by atoms with Gasteiger partial charge >= 0.3 is 0 Å². The maximum atomic E-state index is 6.33. The fourth-order valence-electron chi connectivity index (χ4n) is 4.93. The Hall–Kier alpha value is -3.46. The Morgan fingerprint density at radius 3 is 2.48 bits per heavy atom. The fourth-order valence-corrected chi connectivity index (χ4v) is 4.93. The van der Waals surface area contributed by atoms with E-state index in [4.69, 9.17) is 14.4 Å². The van der Waals surface area contributed by atoms with E-state index in [0.717, 1.165) is 38.9 Å². The minimum absolute atomic E-state index is 0.653. The van der Waals surface area contributed by atoms with Crippen molar-refractivity contribution in [2.24, 2.45) is 0 Å². The molecule has 0 radical (unpaired) electrons. The third-order valence-electron chi connectivity index (χ3n) is 6.57. The summed E-state index contributed by atoms with van der Waals surface area (Å²) in [4.78, 5) is 9.53.